The Labute approximate surface area is 242 Å². The van der Waals surface area contributed by atoms with Crippen LogP contribution in [0.25, 0.3) is 0 Å². The van der Waals surface area contributed by atoms with Crippen molar-refractivity contribution in [2.45, 2.75) is 96.3 Å². The standard InChI is InChI=1S/C39H56/c1-3-5-7-9-11-13-15-17-19-21-23-25-27-29-31-33-35-37-39-38-36-34-32-30-28-26-24-22-20-18-16-14-12-10-8-6-4-2/h3-5,7,9,11,13,15,17,19,21,23-28,30,35,37-39H,1-2,6,8,10,12,14,16,18,20,22,29,31-34,36H2. The zero-order chi connectivity index (χ0) is 28.2. The average Bonchev–Trinajstić information content (AvgIpc) is 2.95. The Bertz CT molecular complexity index is 829. The van der Waals surface area contributed by atoms with Crippen LogP contribution in [-0.4, -0.2) is 0 Å². The van der Waals surface area contributed by atoms with Crippen LogP contribution in [0.15, 0.2) is 147 Å². The molecular weight excluding hydrogens is 468 g/mol. The average molecular weight is 525 g/mol. The van der Waals surface area contributed by atoms with E-state index in [9.17, 15) is 0 Å². The monoisotopic (exact) mass is 524 g/mol. The van der Waals surface area contributed by atoms with E-state index >= 15 is 0 Å². The maximum atomic E-state index is 3.78. The molecule has 212 valence electrons. The van der Waals surface area contributed by atoms with Gasteiger partial charge in [0.05, 0.1) is 0 Å². The van der Waals surface area contributed by atoms with Gasteiger partial charge in [0, 0.05) is 0 Å². The Kier molecular flexibility index (Phi) is 32.1. The van der Waals surface area contributed by atoms with Gasteiger partial charge in [-0.3, -0.25) is 0 Å². The summed E-state index contributed by atoms with van der Waals surface area (Å²) in [4.78, 5) is 0. The van der Waals surface area contributed by atoms with E-state index in [0.717, 1.165) is 25.7 Å². The molecule has 0 fully saturated rings. The highest BCUT2D eigenvalue weighted by Crippen LogP contribution is 2.10. The highest BCUT2D eigenvalue weighted by molar-refractivity contribution is 5.20. The van der Waals surface area contributed by atoms with Crippen LogP contribution in [0.5, 0.6) is 0 Å². The number of allylic oxidation sites excluding steroid dienone is 22. The Morgan fingerprint density at radius 2 is 0.538 bits per heavy atom. The fourth-order valence-electron chi connectivity index (χ4n) is 3.67. The van der Waals surface area contributed by atoms with Crippen LogP contribution >= 0.6 is 0 Å². The van der Waals surface area contributed by atoms with Crippen LogP contribution in [-0.2, 0) is 0 Å². The van der Waals surface area contributed by atoms with Crippen molar-refractivity contribution in [1.29, 1.82) is 0 Å². The summed E-state index contributed by atoms with van der Waals surface area (Å²) in [5.74, 6) is 0. The minimum absolute atomic E-state index is 1.11. The first-order valence-electron chi connectivity index (χ1n) is 15.3. The van der Waals surface area contributed by atoms with E-state index in [1.165, 1.54) is 70.6 Å². The third-order valence-electron chi connectivity index (χ3n) is 5.91. The van der Waals surface area contributed by atoms with Crippen molar-refractivity contribution in [1.82, 2.24) is 0 Å². The second-order valence-corrected chi connectivity index (χ2v) is 9.50. The molecule has 0 aromatic rings. The molecule has 0 heteroatoms. The molecule has 0 saturated heterocycles. The molecule has 0 saturated carbocycles. The summed E-state index contributed by atoms with van der Waals surface area (Å²) < 4.78 is 0. The van der Waals surface area contributed by atoms with Crippen LogP contribution in [0.2, 0.25) is 0 Å². The lowest BCUT2D eigenvalue weighted by atomic mass is 10.1. The molecule has 0 heterocycles. The topological polar surface area (TPSA) is 0 Å². The first-order valence-corrected chi connectivity index (χ1v) is 15.3. The van der Waals surface area contributed by atoms with E-state index in [4.69, 9.17) is 0 Å². The van der Waals surface area contributed by atoms with Gasteiger partial charge in [0.15, 0.2) is 0 Å². The number of hydrogen-bond acceptors (Lipinski definition) is 0. The van der Waals surface area contributed by atoms with Crippen molar-refractivity contribution >= 4 is 0 Å². The molecule has 39 heavy (non-hydrogen) atoms. The summed E-state index contributed by atoms with van der Waals surface area (Å²) in [6.07, 6.45) is 65.1. The van der Waals surface area contributed by atoms with Crippen molar-refractivity contribution in [2.24, 2.45) is 0 Å². The third-order valence-corrected chi connectivity index (χ3v) is 5.91. The molecule has 0 nitrogen and oxygen atoms in total. The van der Waals surface area contributed by atoms with Crippen molar-refractivity contribution in [2.75, 3.05) is 0 Å². The largest absolute Gasteiger partial charge is 0.103 e. The van der Waals surface area contributed by atoms with E-state index in [1.54, 1.807) is 6.08 Å². The summed E-state index contributed by atoms with van der Waals surface area (Å²) in [5.41, 5.74) is 0. The quantitative estimate of drug-likeness (QED) is 0.0599. The number of rotatable bonds is 26. The van der Waals surface area contributed by atoms with Crippen molar-refractivity contribution in [3.8, 4) is 0 Å². The fraction of sp³-hybridized carbons (Fsp3) is 0.385. The Hall–Kier alpha value is -3.12. The Morgan fingerprint density at radius 1 is 0.256 bits per heavy atom. The maximum absolute atomic E-state index is 3.78. The number of unbranched alkanes of at least 4 members (excludes halogenated alkanes) is 12. The smallest absolute Gasteiger partial charge is 0.0345 e. The van der Waals surface area contributed by atoms with Crippen LogP contribution in [0.1, 0.15) is 96.3 Å². The van der Waals surface area contributed by atoms with Gasteiger partial charge in [0.1, 0.15) is 0 Å². The fourth-order valence-corrected chi connectivity index (χ4v) is 3.67. The highest BCUT2D eigenvalue weighted by atomic mass is 14.0. The molecular formula is C39H56. The van der Waals surface area contributed by atoms with Crippen molar-refractivity contribution in [3.63, 3.8) is 0 Å². The molecule has 0 aliphatic heterocycles. The molecule has 0 N–H and O–H groups in total. The normalized spacial score (nSPS) is 13.3. The summed E-state index contributed by atoms with van der Waals surface area (Å²) in [5, 5.41) is 0. The molecule has 0 amide bonds. The van der Waals surface area contributed by atoms with Gasteiger partial charge in [-0.1, -0.05) is 172 Å². The Morgan fingerprint density at radius 3 is 0.923 bits per heavy atom. The summed E-state index contributed by atoms with van der Waals surface area (Å²) >= 11 is 0. The second-order valence-electron chi connectivity index (χ2n) is 9.50. The predicted octanol–water partition coefficient (Wildman–Crippen LogP) is 12.8. The van der Waals surface area contributed by atoms with Crippen molar-refractivity contribution in [3.05, 3.63) is 147 Å². The van der Waals surface area contributed by atoms with E-state index < -0.39 is 0 Å². The third kappa shape index (κ3) is 34.9. The van der Waals surface area contributed by atoms with Gasteiger partial charge in [-0.15, -0.1) is 6.58 Å². The SMILES string of the molecule is C=CC=CC=CC=CC=CC=CC=CCCCC=CC=CCCCC=CC=CCCCCCCCCCC=C. The molecule has 0 spiro atoms. The molecule has 0 aliphatic rings. The lowest BCUT2D eigenvalue weighted by molar-refractivity contribution is 0.584. The molecule has 0 aromatic carbocycles. The first kappa shape index (κ1) is 35.9. The minimum atomic E-state index is 1.11. The van der Waals surface area contributed by atoms with Crippen LogP contribution in [0.3, 0.4) is 0 Å². The molecule has 0 bridgehead atoms. The zero-order valence-electron chi connectivity index (χ0n) is 24.7. The highest BCUT2D eigenvalue weighted by Gasteiger charge is 1.90. The molecule has 0 radical (unpaired) electrons. The van der Waals surface area contributed by atoms with Gasteiger partial charge in [0.25, 0.3) is 0 Å². The molecule has 0 unspecified atom stereocenters. The van der Waals surface area contributed by atoms with E-state index in [1.807, 2.05) is 54.7 Å². The lowest BCUT2D eigenvalue weighted by Gasteiger charge is -1.99. The maximum Gasteiger partial charge on any atom is -0.0345 e. The van der Waals surface area contributed by atoms with Gasteiger partial charge < -0.3 is 0 Å². The van der Waals surface area contributed by atoms with Gasteiger partial charge in [-0.05, 0) is 64.2 Å². The lowest BCUT2D eigenvalue weighted by Crippen LogP contribution is -1.80. The van der Waals surface area contributed by atoms with Crippen LogP contribution in [0.4, 0.5) is 0 Å². The summed E-state index contributed by atoms with van der Waals surface area (Å²) in [7, 11) is 0. The molecule has 0 aromatic heterocycles. The van der Waals surface area contributed by atoms with E-state index in [-0.39, 0.29) is 0 Å². The van der Waals surface area contributed by atoms with Gasteiger partial charge >= 0.3 is 0 Å². The molecule has 0 rings (SSSR count). The summed E-state index contributed by atoms with van der Waals surface area (Å²) in [6.45, 7) is 7.41. The summed E-state index contributed by atoms with van der Waals surface area (Å²) in [6, 6.07) is 0. The first-order chi connectivity index (χ1) is 19.4. The van der Waals surface area contributed by atoms with Gasteiger partial charge in [0.2, 0.25) is 0 Å². The zero-order valence-corrected chi connectivity index (χ0v) is 24.7. The van der Waals surface area contributed by atoms with E-state index in [0.29, 0.717) is 0 Å². The molecule has 0 atom stereocenters. The minimum Gasteiger partial charge on any atom is -0.103 e. The van der Waals surface area contributed by atoms with Crippen LogP contribution < -0.4 is 0 Å². The van der Waals surface area contributed by atoms with Crippen molar-refractivity contribution < 1.29 is 0 Å². The van der Waals surface area contributed by atoms with E-state index in [2.05, 4.69) is 86.1 Å². The molecule has 0 aliphatic carbocycles. The van der Waals surface area contributed by atoms with Gasteiger partial charge in [-0.2, -0.15) is 0 Å². The van der Waals surface area contributed by atoms with Gasteiger partial charge in [-0.25, -0.2) is 0 Å². The predicted molar refractivity (Wildman–Crippen MR) is 181 cm³/mol. The number of hydrogen-bond donors (Lipinski definition) is 0. The Balaban J connectivity index is 3.54. The van der Waals surface area contributed by atoms with Crippen LogP contribution in [0, 0.1) is 0 Å². The second kappa shape index (κ2) is 34.9.